The highest BCUT2D eigenvalue weighted by molar-refractivity contribution is 6.76. The number of hydrogen-bond acceptors (Lipinski definition) is 21. The number of likely N-dealkylation sites (tertiary alicyclic amines) is 2. The Labute approximate surface area is 456 Å². The summed E-state index contributed by atoms with van der Waals surface area (Å²) in [5.41, 5.74) is 8.06. The first-order chi connectivity index (χ1) is 36.7. The molecule has 11 rings (SSSR count). The van der Waals surface area contributed by atoms with Crippen LogP contribution in [0.1, 0.15) is 20.8 Å². The zero-order valence-electron chi connectivity index (χ0n) is 44.3. The first-order valence-corrected chi connectivity index (χ1v) is 29.9. The van der Waals surface area contributed by atoms with E-state index in [0.29, 0.717) is 60.5 Å². The van der Waals surface area contributed by atoms with Crippen LogP contribution in [-0.2, 0) is 21.0 Å². The van der Waals surface area contributed by atoms with Crippen LogP contribution in [0.3, 0.4) is 0 Å². The third-order valence-electron chi connectivity index (χ3n) is 12.5. The molecule has 4 aliphatic rings. The summed E-state index contributed by atoms with van der Waals surface area (Å²) in [6.07, 6.45) is 9.51. The quantitative estimate of drug-likeness (QED) is 0.0517. The molecule has 6 aromatic heterocycles. The Balaban J connectivity index is 0.000000142. The van der Waals surface area contributed by atoms with Crippen LogP contribution >= 0.6 is 23.2 Å². The number of aromatic amines is 2. The van der Waals surface area contributed by atoms with Gasteiger partial charge in [0, 0.05) is 88.8 Å². The van der Waals surface area contributed by atoms with E-state index in [0.717, 1.165) is 83.6 Å². The highest BCUT2D eigenvalue weighted by Gasteiger charge is 2.34. The smallest absolute Gasteiger partial charge is 0.410 e. The van der Waals surface area contributed by atoms with Crippen molar-refractivity contribution in [2.45, 2.75) is 89.8 Å². The highest BCUT2D eigenvalue weighted by atomic mass is 35.5. The van der Waals surface area contributed by atoms with E-state index in [1.54, 1.807) is 64.4 Å². The van der Waals surface area contributed by atoms with E-state index in [4.69, 9.17) is 38.4 Å². The molecule has 4 fully saturated rings. The molecule has 0 bridgehead atoms. The predicted octanol–water partition coefficient (Wildman–Crippen LogP) is 4.04. The number of hydrogen-bond donors (Lipinski definition) is 9. The average molecular weight is 1120 g/mol. The molecule has 0 saturated carbocycles. The predicted molar refractivity (Wildman–Crippen MR) is 301 cm³/mol. The average Bonchev–Trinajstić information content (AvgIpc) is 4.12. The fourth-order valence-electron chi connectivity index (χ4n) is 7.98. The molecular formula is C47H68BCl2N21O5Si. The Kier molecular flexibility index (Phi) is 18.6. The van der Waals surface area contributed by atoms with Gasteiger partial charge in [-0.1, -0.05) is 42.8 Å². The Morgan fingerprint density at radius 1 is 0.779 bits per heavy atom. The minimum absolute atomic E-state index is 0.00953. The molecule has 412 valence electrons. The molecule has 77 heavy (non-hydrogen) atoms. The van der Waals surface area contributed by atoms with Gasteiger partial charge in [0.05, 0.1) is 59.4 Å². The Hall–Kier alpha value is -6.53. The second-order valence-electron chi connectivity index (χ2n) is 21.4. The van der Waals surface area contributed by atoms with Crippen molar-refractivity contribution in [1.29, 1.82) is 0 Å². The number of H-pyrrole nitrogens is 2. The van der Waals surface area contributed by atoms with Gasteiger partial charge < -0.3 is 61.4 Å². The molecule has 0 aliphatic carbocycles. The maximum atomic E-state index is 12.3. The number of fused-ring (bicyclic) bond motifs is 3. The first-order valence-electron chi connectivity index (χ1n) is 25.4. The maximum Gasteiger partial charge on any atom is 0.410 e. The highest BCUT2D eigenvalue weighted by Crippen LogP contribution is 2.25. The van der Waals surface area contributed by atoms with Crippen LogP contribution in [0.5, 0.6) is 0 Å². The first kappa shape index (κ1) is 56.7. The fraction of sp³-hybridized carbons (Fsp3) is 0.511. The van der Waals surface area contributed by atoms with Crippen LogP contribution in [-0.4, -0.2) is 202 Å². The molecule has 0 radical (unpaired) electrons. The summed E-state index contributed by atoms with van der Waals surface area (Å²) in [5, 5.41) is 47.5. The molecular weight excluding hydrogens is 1050 g/mol. The van der Waals surface area contributed by atoms with Crippen LogP contribution in [0, 0.1) is 0 Å². The lowest BCUT2D eigenvalue weighted by Gasteiger charge is -2.40. The van der Waals surface area contributed by atoms with Gasteiger partial charge in [0.1, 0.15) is 48.8 Å². The monoisotopic (exact) mass is 1120 g/mol. The van der Waals surface area contributed by atoms with Crippen LogP contribution < -0.4 is 32.3 Å². The number of aromatic nitrogens is 12. The van der Waals surface area contributed by atoms with E-state index in [-0.39, 0.29) is 36.7 Å². The fourth-order valence-corrected chi connectivity index (χ4v) is 9.26. The van der Waals surface area contributed by atoms with Gasteiger partial charge in [0.2, 0.25) is 5.91 Å². The number of carbonyl (C=O) groups is 2. The molecule has 10 N–H and O–H groups in total. The Morgan fingerprint density at radius 2 is 1.34 bits per heavy atom. The van der Waals surface area contributed by atoms with Gasteiger partial charge in [-0.05, 0) is 51.8 Å². The van der Waals surface area contributed by atoms with E-state index in [1.165, 1.54) is 12.7 Å². The van der Waals surface area contributed by atoms with E-state index in [9.17, 15) is 14.6 Å². The third-order valence-corrected chi connectivity index (χ3v) is 14.6. The van der Waals surface area contributed by atoms with Gasteiger partial charge in [-0.3, -0.25) is 15.0 Å². The van der Waals surface area contributed by atoms with Gasteiger partial charge in [-0.25, -0.2) is 39.4 Å². The summed E-state index contributed by atoms with van der Waals surface area (Å²) in [7, 11) is -1.49. The summed E-state index contributed by atoms with van der Waals surface area (Å²) in [6.45, 7) is 21.7. The molecule has 0 atom stereocenters. The summed E-state index contributed by atoms with van der Waals surface area (Å²) >= 11 is 11.9. The number of anilines is 4. The Bertz CT molecular complexity index is 3040. The second-order valence-corrected chi connectivity index (χ2v) is 27.9. The lowest BCUT2D eigenvalue weighted by molar-refractivity contribution is -0.133. The molecule has 10 heterocycles. The zero-order chi connectivity index (χ0) is 54.9. The summed E-state index contributed by atoms with van der Waals surface area (Å²) < 4.78 is 12.7. The number of amides is 2. The third kappa shape index (κ3) is 16.0. The number of nitrogens with one attached hydrogen (secondary N) is 7. The van der Waals surface area contributed by atoms with Crippen molar-refractivity contribution in [2.75, 3.05) is 86.8 Å². The van der Waals surface area contributed by atoms with Crippen molar-refractivity contribution in [1.82, 2.24) is 80.0 Å². The van der Waals surface area contributed by atoms with E-state index in [1.807, 2.05) is 25.6 Å². The van der Waals surface area contributed by atoms with Gasteiger partial charge in [-0.15, -0.1) is 0 Å². The topological polar surface area (TPSA) is 321 Å². The van der Waals surface area contributed by atoms with E-state index in [2.05, 4.69) is 102 Å². The number of benzene rings is 1. The largest absolute Gasteiger partial charge is 0.444 e. The molecule has 4 aliphatic heterocycles. The van der Waals surface area contributed by atoms with Gasteiger partial charge >= 0.3 is 13.1 Å². The molecule has 1 aromatic carbocycles. The molecule has 7 aromatic rings. The van der Waals surface area contributed by atoms with Crippen molar-refractivity contribution >= 4 is 107 Å². The molecule has 30 heteroatoms. The lowest BCUT2D eigenvalue weighted by Crippen LogP contribution is -2.59. The minimum atomic E-state index is -1.08. The molecule has 4 saturated heterocycles. The second kappa shape index (κ2) is 25.3. The molecule has 2 amide bonds. The van der Waals surface area contributed by atoms with Crippen molar-refractivity contribution in [3.63, 3.8) is 0 Å². The van der Waals surface area contributed by atoms with Crippen molar-refractivity contribution < 1.29 is 24.1 Å². The lowest BCUT2D eigenvalue weighted by atomic mass is 9.80. The van der Waals surface area contributed by atoms with Crippen LogP contribution in [0.15, 0.2) is 55.8 Å². The number of nitrogens with two attached hydrogens (primary N) is 1. The van der Waals surface area contributed by atoms with Gasteiger partial charge in [0.15, 0.2) is 16.9 Å². The molecule has 26 nitrogen and oxygen atoms in total. The van der Waals surface area contributed by atoms with Crippen molar-refractivity contribution in [3.05, 3.63) is 65.8 Å². The maximum absolute atomic E-state index is 12.3. The normalized spacial score (nSPS) is 16.1. The van der Waals surface area contributed by atoms with Crippen LogP contribution in [0.4, 0.5) is 27.9 Å². The van der Waals surface area contributed by atoms with Gasteiger partial charge in [-0.2, -0.15) is 15.3 Å². The number of nitrogens with zero attached hydrogens (tertiary/aromatic N) is 13. The number of rotatable bonds is 15. The SMILES string of the molecule is CB(O)N1CC(Nc2ncnc3c2cnn3COCC[Si](C)(C)C)C1.CC(C)(C)OC(=O)N1CC(N)C1.O=C(CNc1cc(Cl)cc(Cl)c1)N1CC(Nc2ncnc3[nH]ncc23)C1.c1nc(NC2CNC2)c2cn[nH]c2n1. The number of halogens is 2. The molecule has 0 spiro atoms. The van der Waals surface area contributed by atoms with Gasteiger partial charge in [0.25, 0.3) is 0 Å². The summed E-state index contributed by atoms with van der Waals surface area (Å²) in [5.74, 6) is 2.37. The standard InChI is InChI=1S/C16H15Cl2N7O.C15H27BN6O2Si.C8H10N6.C8H16N2O2/c17-9-1-10(18)3-11(2-9)19-5-14(26)25-6-12(7-25)23-15-13-4-22-24-16(13)21-8-20-15;1-16(23)21-8-12(9-21)20-14-13-7-19-22(15(13)18-10-17-14)11-24-5-6-25(2,3)4;1-5(2-9-1)13-7-6-3-12-14-8(6)11-4-10-7;1-8(2,3)12-7(11)10-4-6(9)5-10/h1-4,8,12,19H,5-7H2,(H2,20,21,22,23,24);7,10,12,23H,5-6,8-9,11H2,1-4H3,(H,17,18,20);3-5,9H,1-2H2,(H2,10,11,12,13,14);6H,4-5,9H2,1-3H3. The van der Waals surface area contributed by atoms with Crippen LogP contribution in [0.25, 0.3) is 33.1 Å². The minimum Gasteiger partial charge on any atom is -0.444 e. The number of carbonyl (C=O) groups excluding carboxylic acids is 2. The van der Waals surface area contributed by atoms with E-state index < -0.39 is 20.7 Å². The van der Waals surface area contributed by atoms with E-state index >= 15 is 0 Å². The zero-order valence-corrected chi connectivity index (χ0v) is 46.8. The van der Waals surface area contributed by atoms with Crippen molar-refractivity contribution in [2.24, 2.45) is 5.73 Å². The number of ether oxygens (including phenoxy) is 2. The Morgan fingerprint density at radius 3 is 1.87 bits per heavy atom. The van der Waals surface area contributed by atoms with Crippen molar-refractivity contribution in [3.8, 4) is 0 Å². The summed E-state index contributed by atoms with van der Waals surface area (Å²) in [6, 6.07) is 7.28. The van der Waals surface area contributed by atoms with Crippen LogP contribution in [0.2, 0.25) is 42.6 Å². The molecule has 0 unspecified atom stereocenters. The summed E-state index contributed by atoms with van der Waals surface area (Å²) in [4.78, 5) is 54.2.